The predicted octanol–water partition coefficient (Wildman–Crippen LogP) is 4.11. The van der Waals surface area contributed by atoms with Crippen LogP contribution in [0.2, 0.25) is 5.15 Å². The third-order valence-corrected chi connectivity index (χ3v) is 5.17. The molecule has 2 aromatic rings. The molecule has 0 spiro atoms. The van der Waals surface area contributed by atoms with Gasteiger partial charge in [0.1, 0.15) is 17.3 Å². The van der Waals surface area contributed by atoms with Crippen molar-refractivity contribution in [2.45, 2.75) is 64.8 Å². The van der Waals surface area contributed by atoms with Gasteiger partial charge in [-0.25, -0.2) is 9.97 Å². The van der Waals surface area contributed by atoms with Crippen molar-refractivity contribution in [3.05, 3.63) is 28.8 Å². The Hall–Kier alpha value is -1.69. The van der Waals surface area contributed by atoms with Crippen molar-refractivity contribution < 1.29 is 4.52 Å². The van der Waals surface area contributed by atoms with E-state index in [2.05, 4.69) is 45.8 Å². The van der Waals surface area contributed by atoms with Crippen LogP contribution in [0.15, 0.2) is 10.9 Å². The zero-order valence-electron chi connectivity index (χ0n) is 14.7. The molecule has 1 aliphatic heterocycles. The van der Waals surface area contributed by atoms with Crippen LogP contribution in [0.25, 0.3) is 0 Å². The minimum atomic E-state index is 0.274. The van der Waals surface area contributed by atoms with Gasteiger partial charge in [0.15, 0.2) is 5.82 Å². The first-order chi connectivity index (χ1) is 11.5. The van der Waals surface area contributed by atoms with E-state index in [0.717, 1.165) is 48.9 Å². The molecule has 0 aromatic carbocycles. The van der Waals surface area contributed by atoms with Crippen molar-refractivity contribution >= 4 is 17.4 Å². The lowest BCUT2D eigenvalue weighted by Gasteiger charge is -2.43. The lowest BCUT2D eigenvalue weighted by atomic mass is 9.89. The van der Waals surface area contributed by atoms with E-state index in [9.17, 15) is 0 Å². The van der Waals surface area contributed by atoms with Crippen LogP contribution in [0.3, 0.4) is 0 Å². The van der Waals surface area contributed by atoms with Crippen LogP contribution in [0.4, 0.5) is 5.82 Å². The Morgan fingerprint density at radius 1 is 1.38 bits per heavy atom. The molecule has 0 aliphatic carbocycles. The Morgan fingerprint density at radius 3 is 2.75 bits per heavy atom. The van der Waals surface area contributed by atoms with Crippen LogP contribution >= 0.6 is 11.6 Å². The van der Waals surface area contributed by atoms with Crippen molar-refractivity contribution in [2.24, 2.45) is 0 Å². The first-order valence-corrected chi connectivity index (χ1v) is 8.96. The molecule has 0 saturated carbocycles. The molecule has 24 heavy (non-hydrogen) atoms. The van der Waals surface area contributed by atoms with Crippen molar-refractivity contribution in [2.75, 3.05) is 11.4 Å². The fraction of sp³-hybridized carbons (Fsp3) is 0.647. The summed E-state index contributed by atoms with van der Waals surface area (Å²) in [4.78, 5) is 15.4. The number of hydrogen-bond donors (Lipinski definition) is 0. The molecule has 3 heterocycles. The van der Waals surface area contributed by atoms with Crippen molar-refractivity contribution in [3.63, 3.8) is 0 Å². The molecule has 0 radical (unpaired) electrons. The van der Waals surface area contributed by atoms with Gasteiger partial charge in [-0.05, 0) is 26.2 Å². The maximum atomic E-state index is 6.14. The van der Waals surface area contributed by atoms with E-state index in [1.165, 1.54) is 6.33 Å². The normalized spacial score (nSPS) is 18.8. The van der Waals surface area contributed by atoms with Crippen molar-refractivity contribution in [3.8, 4) is 0 Å². The second-order valence-corrected chi connectivity index (χ2v) is 7.09. The zero-order valence-corrected chi connectivity index (χ0v) is 15.4. The Kier molecular flexibility index (Phi) is 5.04. The van der Waals surface area contributed by atoms with E-state index in [0.29, 0.717) is 11.2 Å². The van der Waals surface area contributed by atoms with Gasteiger partial charge in [-0.3, -0.25) is 0 Å². The monoisotopic (exact) mass is 349 g/mol. The third-order valence-electron chi connectivity index (χ3n) is 4.78. The molecule has 2 aromatic heterocycles. The highest BCUT2D eigenvalue weighted by atomic mass is 35.5. The Balaban J connectivity index is 1.73. The van der Waals surface area contributed by atoms with Crippen molar-refractivity contribution in [1.82, 2.24) is 20.1 Å². The lowest BCUT2D eigenvalue weighted by Crippen LogP contribution is -2.49. The van der Waals surface area contributed by atoms with Crippen LogP contribution in [0.1, 0.15) is 69.1 Å². The van der Waals surface area contributed by atoms with Crippen LogP contribution in [0.5, 0.6) is 0 Å². The summed E-state index contributed by atoms with van der Waals surface area (Å²) in [6.45, 7) is 9.28. The van der Waals surface area contributed by atoms with E-state index in [-0.39, 0.29) is 11.8 Å². The first-order valence-electron chi connectivity index (χ1n) is 8.58. The van der Waals surface area contributed by atoms with Gasteiger partial charge in [-0.15, -0.1) is 0 Å². The molecule has 1 aliphatic rings. The molecular formula is C17H24ClN5O. The smallest absolute Gasteiger partial charge is 0.229 e. The maximum Gasteiger partial charge on any atom is 0.229 e. The average Bonchev–Trinajstić information content (AvgIpc) is 3.01. The van der Waals surface area contributed by atoms with Crippen LogP contribution in [-0.4, -0.2) is 32.7 Å². The Labute approximate surface area is 147 Å². The molecule has 2 atom stereocenters. The van der Waals surface area contributed by atoms with Gasteiger partial charge in [0, 0.05) is 30.0 Å². The molecule has 0 amide bonds. The Morgan fingerprint density at radius 2 is 2.17 bits per heavy atom. The quantitative estimate of drug-likeness (QED) is 0.731. The largest absolute Gasteiger partial charge is 0.353 e. The van der Waals surface area contributed by atoms with Gasteiger partial charge < -0.3 is 9.42 Å². The molecular weight excluding hydrogens is 326 g/mol. The minimum absolute atomic E-state index is 0.274. The summed E-state index contributed by atoms with van der Waals surface area (Å²) >= 11 is 6.14. The fourth-order valence-electron chi connectivity index (χ4n) is 3.09. The molecule has 7 heteroatoms. The maximum absolute atomic E-state index is 6.14. The van der Waals surface area contributed by atoms with E-state index in [1.807, 2.05) is 6.92 Å². The molecule has 130 valence electrons. The van der Waals surface area contributed by atoms with Crippen LogP contribution in [0, 0.1) is 6.92 Å². The topological polar surface area (TPSA) is 67.9 Å². The van der Waals surface area contributed by atoms with E-state index >= 15 is 0 Å². The van der Waals surface area contributed by atoms with Crippen LogP contribution in [-0.2, 0) is 0 Å². The molecule has 3 rings (SSSR count). The molecule has 1 saturated heterocycles. The molecule has 2 unspecified atom stereocenters. The fourth-order valence-corrected chi connectivity index (χ4v) is 3.22. The number of anilines is 1. The van der Waals surface area contributed by atoms with Crippen molar-refractivity contribution in [1.29, 1.82) is 0 Å². The second-order valence-electron chi connectivity index (χ2n) is 6.74. The summed E-state index contributed by atoms with van der Waals surface area (Å²) in [6.07, 6.45) is 4.64. The number of halogens is 1. The highest BCUT2D eigenvalue weighted by Crippen LogP contribution is 2.35. The standard InChI is InChI=1S/C17H24ClN5O/c1-5-12(17-21-15(10(2)3)22-24-17)8-13-6-7-23(13)16-11(4)14(18)19-9-20-16/h9-10,12-13H,5-8H2,1-4H3. The average molecular weight is 350 g/mol. The summed E-state index contributed by atoms with van der Waals surface area (Å²) in [5.74, 6) is 3.04. The molecule has 0 bridgehead atoms. The predicted molar refractivity (Wildman–Crippen MR) is 93.6 cm³/mol. The van der Waals surface area contributed by atoms with E-state index in [1.54, 1.807) is 0 Å². The highest BCUT2D eigenvalue weighted by molar-refractivity contribution is 6.30. The van der Waals surface area contributed by atoms with Gasteiger partial charge in [0.2, 0.25) is 5.89 Å². The first kappa shape index (κ1) is 17.1. The lowest BCUT2D eigenvalue weighted by molar-refractivity contribution is 0.308. The molecule has 1 fully saturated rings. The molecule has 6 nitrogen and oxygen atoms in total. The van der Waals surface area contributed by atoms with Gasteiger partial charge in [0.05, 0.1) is 0 Å². The van der Waals surface area contributed by atoms with Gasteiger partial charge in [-0.2, -0.15) is 4.98 Å². The summed E-state index contributed by atoms with van der Waals surface area (Å²) in [7, 11) is 0. The third kappa shape index (κ3) is 3.24. The van der Waals surface area contributed by atoms with Crippen LogP contribution < -0.4 is 4.90 Å². The number of aromatic nitrogens is 4. The van der Waals surface area contributed by atoms with E-state index < -0.39 is 0 Å². The number of nitrogens with zero attached hydrogens (tertiary/aromatic N) is 5. The van der Waals surface area contributed by atoms with Gasteiger partial charge in [-0.1, -0.05) is 37.5 Å². The minimum Gasteiger partial charge on any atom is -0.353 e. The Bertz CT molecular complexity index is 702. The molecule has 0 N–H and O–H groups in total. The summed E-state index contributed by atoms with van der Waals surface area (Å²) in [5, 5.41) is 4.63. The van der Waals surface area contributed by atoms with Gasteiger partial charge >= 0.3 is 0 Å². The SMILES string of the molecule is CCC(CC1CCN1c1ncnc(Cl)c1C)c1nc(C(C)C)no1. The second kappa shape index (κ2) is 7.05. The number of rotatable bonds is 6. The summed E-state index contributed by atoms with van der Waals surface area (Å²) in [5.41, 5.74) is 0.941. The number of hydrogen-bond acceptors (Lipinski definition) is 6. The summed E-state index contributed by atoms with van der Waals surface area (Å²) < 4.78 is 5.51. The zero-order chi connectivity index (χ0) is 17.3. The van der Waals surface area contributed by atoms with Gasteiger partial charge in [0.25, 0.3) is 0 Å². The summed E-state index contributed by atoms with van der Waals surface area (Å²) in [6, 6.07) is 0.425. The highest BCUT2D eigenvalue weighted by Gasteiger charge is 2.34. The van der Waals surface area contributed by atoms with E-state index in [4.69, 9.17) is 16.1 Å².